The molecule has 0 aliphatic carbocycles. The van der Waals surface area contributed by atoms with Crippen molar-refractivity contribution in [3.05, 3.63) is 59.7 Å². The van der Waals surface area contributed by atoms with Gasteiger partial charge in [0.15, 0.2) is 5.79 Å². The molecule has 6 nitrogen and oxygen atoms in total. The lowest BCUT2D eigenvalue weighted by atomic mass is 9.92. The lowest BCUT2D eigenvalue weighted by Gasteiger charge is -2.27. The van der Waals surface area contributed by atoms with Crippen molar-refractivity contribution in [1.82, 2.24) is 0 Å². The summed E-state index contributed by atoms with van der Waals surface area (Å²) in [6.45, 7) is 3.81. The number of rotatable bonds is 8. The van der Waals surface area contributed by atoms with E-state index in [2.05, 4.69) is 0 Å². The molecule has 0 saturated carbocycles. The van der Waals surface area contributed by atoms with Crippen LogP contribution in [0.15, 0.2) is 48.5 Å². The summed E-state index contributed by atoms with van der Waals surface area (Å²) >= 11 is 0. The molecule has 2 aromatic carbocycles. The summed E-state index contributed by atoms with van der Waals surface area (Å²) in [6, 6.07) is 15.3. The summed E-state index contributed by atoms with van der Waals surface area (Å²) in [6.07, 6.45) is 0.750. The van der Waals surface area contributed by atoms with Crippen molar-refractivity contribution < 1.29 is 18.9 Å². The second-order valence-corrected chi connectivity index (χ2v) is 8.00. The maximum Gasteiger partial charge on any atom is 0.163 e. The Morgan fingerprint density at radius 3 is 1.41 bits per heavy atom. The average molecular weight is 401 g/mol. The monoisotopic (exact) mass is 400 g/mol. The summed E-state index contributed by atoms with van der Waals surface area (Å²) in [5, 5.41) is 0. The van der Waals surface area contributed by atoms with Crippen LogP contribution in [-0.4, -0.2) is 44.3 Å². The minimum atomic E-state index is -0.718. The molecule has 4 atom stereocenters. The molecule has 2 aromatic rings. The lowest BCUT2D eigenvalue weighted by molar-refractivity contribution is -0.149. The second kappa shape index (κ2) is 9.13. The molecule has 158 valence electrons. The van der Waals surface area contributed by atoms with Crippen LogP contribution in [0, 0.1) is 0 Å². The van der Waals surface area contributed by atoms with Crippen LogP contribution < -0.4 is 20.9 Å². The van der Waals surface area contributed by atoms with E-state index in [1.807, 2.05) is 62.4 Å². The first-order chi connectivity index (χ1) is 13.8. The van der Waals surface area contributed by atoms with Gasteiger partial charge in [-0.15, -0.1) is 0 Å². The largest absolute Gasteiger partial charge is 0.497 e. The van der Waals surface area contributed by atoms with Gasteiger partial charge in [0.25, 0.3) is 0 Å². The van der Waals surface area contributed by atoms with Crippen LogP contribution in [0.4, 0.5) is 0 Å². The van der Waals surface area contributed by atoms with E-state index in [1.54, 1.807) is 14.2 Å². The molecule has 4 N–H and O–H groups in total. The third-order valence-electron chi connectivity index (χ3n) is 5.27. The van der Waals surface area contributed by atoms with Crippen LogP contribution in [0.1, 0.15) is 25.0 Å². The Labute approximate surface area is 173 Å². The van der Waals surface area contributed by atoms with Gasteiger partial charge in [-0.05, 0) is 62.1 Å². The van der Waals surface area contributed by atoms with Gasteiger partial charge in [-0.25, -0.2) is 0 Å². The van der Waals surface area contributed by atoms with Gasteiger partial charge in [0.2, 0.25) is 0 Å². The number of methoxy groups -OCH3 is 2. The Morgan fingerprint density at radius 1 is 0.759 bits per heavy atom. The van der Waals surface area contributed by atoms with Crippen LogP contribution in [0.2, 0.25) is 0 Å². The Balaban J connectivity index is 1.69. The fraction of sp³-hybridized carbons (Fsp3) is 0.478. The van der Waals surface area contributed by atoms with Crippen molar-refractivity contribution in [1.29, 1.82) is 0 Å². The summed E-state index contributed by atoms with van der Waals surface area (Å²) < 4.78 is 22.8. The van der Waals surface area contributed by atoms with Gasteiger partial charge in [0, 0.05) is 12.1 Å². The molecule has 0 amide bonds. The van der Waals surface area contributed by atoms with E-state index in [0.717, 1.165) is 22.6 Å². The molecule has 0 spiro atoms. The summed E-state index contributed by atoms with van der Waals surface area (Å²) in [4.78, 5) is 0. The highest BCUT2D eigenvalue weighted by Crippen LogP contribution is 2.32. The third kappa shape index (κ3) is 5.48. The normalized spacial score (nSPS) is 22.8. The van der Waals surface area contributed by atoms with Crippen LogP contribution in [0.5, 0.6) is 11.5 Å². The van der Waals surface area contributed by atoms with Gasteiger partial charge in [0.1, 0.15) is 23.7 Å². The van der Waals surface area contributed by atoms with E-state index < -0.39 is 5.79 Å². The number of benzene rings is 2. The zero-order valence-corrected chi connectivity index (χ0v) is 17.6. The molecule has 0 bridgehead atoms. The van der Waals surface area contributed by atoms with Crippen LogP contribution >= 0.6 is 0 Å². The maximum absolute atomic E-state index is 6.55. The molecule has 1 heterocycles. The van der Waals surface area contributed by atoms with E-state index >= 15 is 0 Å². The Hall–Kier alpha value is -2.12. The van der Waals surface area contributed by atoms with Gasteiger partial charge in [0.05, 0.1) is 14.2 Å². The standard InChI is InChI=1S/C23H32N2O4/c1-23(2)28-21(19(24)13-15-5-9-17(26-3)10-6-15)22(29-23)20(25)14-16-7-11-18(27-4)12-8-16/h5-12,19-22H,13-14,24-25H2,1-4H3/t19-,20-,21+,22+/m1/s1. The first-order valence-electron chi connectivity index (χ1n) is 9.94. The van der Waals surface area contributed by atoms with Crippen molar-refractivity contribution in [2.45, 2.75) is 56.8 Å². The molecule has 6 heteroatoms. The van der Waals surface area contributed by atoms with Crippen LogP contribution in [-0.2, 0) is 22.3 Å². The quantitative estimate of drug-likeness (QED) is 0.708. The molecule has 0 aromatic heterocycles. The molecule has 1 aliphatic rings. The molecule has 3 rings (SSSR count). The highest BCUT2D eigenvalue weighted by atomic mass is 16.8. The molecule has 1 saturated heterocycles. The van der Waals surface area contributed by atoms with E-state index in [9.17, 15) is 0 Å². The molecule has 0 unspecified atom stereocenters. The molecular weight excluding hydrogens is 368 g/mol. The van der Waals surface area contributed by atoms with Gasteiger partial charge in [-0.2, -0.15) is 0 Å². The molecule has 1 fully saturated rings. The van der Waals surface area contributed by atoms with Crippen LogP contribution in [0.3, 0.4) is 0 Å². The minimum Gasteiger partial charge on any atom is -0.497 e. The summed E-state index contributed by atoms with van der Waals surface area (Å²) in [5.74, 6) is 0.927. The number of nitrogens with two attached hydrogens (primary N) is 2. The first kappa shape index (κ1) is 21.6. The van der Waals surface area contributed by atoms with Crippen molar-refractivity contribution in [2.75, 3.05) is 14.2 Å². The number of ether oxygens (including phenoxy) is 4. The van der Waals surface area contributed by atoms with E-state index in [-0.39, 0.29) is 24.3 Å². The first-order valence-corrected chi connectivity index (χ1v) is 9.94. The van der Waals surface area contributed by atoms with Crippen molar-refractivity contribution >= 4 is 0 Å². The van der Waals surface area contributed by atoms with Crippen molar-refractivity contribution in [2.24, 2.45) is 11.5 Å². The molecule has 0 radical (unpaired) electrons. The zero-order valence-electron chi connectivity index (χ0n) is 17.6. The number of hydrogen-bond donors (Lipinski definition) is 2. The van der Waals surface area contributed by atoms with Gasteiger partial charge in [-0.3, -0.25) is 0 Å². The highest BCUT2D eigenvalue weighted by Gasteiger charge is 2.46. The Kier molecular flexibility index (Phi) is 6.80. The lowest BCUT2D eigenvalue weighted by Crippen LogP contribution is -2.51. The van der Waals surface area contributed by atoms with E-state index in [4.69, 9.17) is 30.4 Å². The summed E-state index contributed by atoms with van der Waals surface area (Å²) in [7, 11) is 3.31. The van der Waals surface area contributed by atoms with E-state index in [1.165, 1.54) is 0 Å². The zero-order chi connectivity index (χ0) is 21.0. The van der Waals surface area contributed by atoms with Crippen molar-refractivity contribution in [3.8, 4) is 11.5 Å². The van der Waals surface area contributed by atoms with Gasteiger partial charge in [-0.1, -0.05) is 24.3 Å². The SMILES string of the molecule is COc1ccc(C[C@@H](N)[C@@H]2OC(C)(C)O[C@H]2[C@H](N)Cc2ccc(OC)cc2)cc1. The Morgan fingerprint density at radius 2 is 1.10 bits per heavy atom. The molecule has 1 aliphatic heterocycles. The Bertz CT molecular complexity index is 711. The number of hydrogen-bond acceptors (Lipinski definition) is 6. The minimum absolute atomic E-state index is 0.239. The highest BCUT2D eigenvalue weighted by molar-refractivity contribution is 5.29. The summed E-state index contributed by atoms with van der Waals surface area (Å²) in [5.41, 5.74) is 15.3. The fourth-order valence-electron chi connectivity index (χ4n) is 3.78. The average Bonchev–Trinajstić information content (AvgIpc) is 3.05. The van der Waals surface area contributed by atoms with Crippen molar-refractivity contribution in [3.63, 3.8) is 0 Å². The van der Waals surface area contributed by atoms with E-state index in [0.29, 0.717) is 12.8 Å². The smallest absolute Gasteiger partial charge is 0.163 e. The van der Waals surface area contributed by atoms with Crippen LogP contribution in [0.25, 0.3) is 0 Å². The van der Waals surface area contributed by atoms with Gasteiger partial charge < -0.3 is 30.4 Å². The molecular formula is C23H32N2O4. The molecule has 29 heavy (non-hydrogen) atoms. The fourth-order valence-corrected chi connectivity index (χ4v) is 3.78. The third-order valence-corrected chi connectivity index (χ3v) is 5.27. The topological polar surface area (TPSA) is 89.0 Å². The predicted octanol–water partition coefficient (Wildman–Crippen LogP) is 2.66. The van der Waals surface area contributed by atoms with Gasteiger partial charge >= 0.3 is 0 Å². The predicted molar refractivity (Wildman–Crippen MR) is 113 cm³/mol. The second-order valence-electron chi connectivity index (χ2n) is 8.00. The maximum atomic E-state index is 6.55.